The first kappa shape index (κ1) is 14.0. The Morgan fingerprint density at radius 1 is 1.37 bits per heavy atom. The summed E-state index contributed by atoms with van der Waals surface area (Å²) in [5.41, 5.74) is -0.0985. The fourth-order valence-electron chi connectivity index (χ4n) is 1.61. The molecule has 2 N–H and O–H groups in total. The van der Waals surface area contributed by atoms with E-state index in [-0.39, 0.29) is 17.2 Å². The van der Waals surface area contributed by atoms with E-state index in [0.29, 0.717) is 9.75 Å². The van der Waals surface area contributed by atoms with E-state index in [1.807, 2.05) is 0 Å². The molecule has 0 bridgehead atoms. The molecule has 1 aromatic carbocycles. The second-order valence-corrected chi connectivity index (χ2v) is 6.87. The van der Waals surface area contributed by atoms with Crippen molar-refractivity contribution in [2.45, 2.75) is 18.4 Å². The number of sulfonamides is 1. The SMILES string of the molecule is Cc1sc(CO)cc1S(=O)(=O)Nc1ccccc1F. The van der Waals surface area contributed by atoms with E-state index in [1.165, 1.54) is 35.6 Å². The van der Waals surface area contributed by atoms with E-state index in [4.69, 9.17) is 5.11 Å². The number of nitrogens with one attached hydrogen (secondary N) is 1. The van der Waals surface area contributed by atoms with Crippen LogP contribution in [0.3, 0.4) is 0 Å². The van der Waals surface area contributed by atoms with Crippen LogP contribution in [0.5, 0.6) is 0 Å². The van der Waals surface area contributed by atoms with E-state index in [9.17, 15) is 12.8 Å². The molecule has 0 unspecified atom stereocenters. The van der Waals surface area contributed by atoms with Crippen LogP contribution < -0.4 is 4.72 Å². The highest BCUT2D eigenvalue weighted by Gasteiger charge is 2.21. The molecule has 2 aromatic rings. The highest BCUT2D eigenvalue weighted by atomic mass is 32.2. The molecule has 0 saturated heterocycles. The summed E-state index contributed by atoms with van der Waals surface area (Å²) >= 11 is 1.19. The summed E-state index contributed by atoms with van der Waals surface area (Å²) in [6.45, 7) is 1.42. The Bertz CT molecular complexity index is 695. The molecular weight excluding hydrogens is 289 g/mol. The summed E-state index contributed by atoms with van der Waals surface area (Å²) in [7, 11) is -3.85. The fraction of sp³-hybridized carbons (Fsp3) is 0.167. The molecule has 0 aliphatic carbocycles. The third-order valence-electron chi connectivity index (χ3n) is 2.49. The van der Waals surface area contributed by atoms with Gasteiger partial charge in [0.05, 0.1) is 12.3 Å². The van der Waals surface area contributed by atoms with E-state index in [0.717, 1.165) is 0 Å². The van der Waals surface area contributed by atoms with Crippen LogP contribution in [0.1, 0.15) is 9.75 Å². The normalized spacial score (nSPS) is 11.5. The van der Waals surface area contributed by atoms with E-state index >= 15 is 0 Å². The average molecular weight is 301 g/mol. The molecule has 0 aliphatic rings. The first-order valence-electron chi connectivity index (χ1n) is 5.41. The van der Waals surface area contributed by atoms with Gasteiger partial charge < -0.3 is 5.11 Å². The first-order chi connectivity index (χ1) is 8.94. The third kappa shape index (κ3) is 2.94. The summed E-state index contributed by atoms with van der Waals surface area (Å²) in [4.78, 5) is 1.16. The molecule has 4 nitrogen and oxygen atoms in total. The monoisotopic (exact) mass is 301 g/mol. The molecule has 0 fully saturated rings. The minimum atomic E-state index is -3.85. The number of aliphatic hydroxyl groups excluding tert-OH is 1. The number of hydrogen-bond acceptors (Lipinski definition) is 4. The van der Waals surface area contributed by atoms with Crippen LogP contribution in [-0.4, -0.2) is 13.5 Å². The number of rotatable bonds is 4. The minimum absolute atomic E-state index is 0.0600. The Kier molecular flexibility index (Phi) is 3.88. The zero-order valence-electron chi connectivity index (χ0n) is 10.1. The van der Waals surface area contributed by atoms with Crippen LogP contribution in [0.25, 0.3) is 0 Å². The molecule has 0 atom stereocenters. The van der Waals surface area contributed by atoms with Gasteiger partial charge in [0.25, 0.3) is 10.0 Å². The lowest BCUT2D eigenvalue weighted by molar-refractivity contribution is 0.285. The van der Waals surface area contributed by atoms with Gasteiger partial charge in [0, 0.05) is 9.75 Å². The van der Waals surface area contributed by atoms with Gasteiger partial charge in [-0.15, -0.1) is 11.3 Å². The van der Waals surface area contributed by atoms with Crippen molar-refractivity contribution in [3.8, 4) is 0 Å². The zero-order valence-corrected chi connectivity index (χ0v) is 11.7. The maximum Gasteiger partial charge on any atom is 0.263 e. The van der Waals surface area contributed by atoms with Crippen LogP contribution >= 0.6 is 11.3 Å². The van der Waals surface area contributed by atoms with Crippen molar-refractivity contribution in [1.29, 1.82) is 0 Å². The first-order valence-corrected chi connectivity index (χ1v) is 7.71. The summed E-state index contributed by atoms with van der Waals surface area (Å²) in [6.07, 6.45) is 0. The molecule has 0 radical (unpaired) electrons. The molecule has 1 aromatic heterocycles. The lowest BCUT2D eigenvalue weighted by Crippen LogP contribution is -2.14. The van der Waals surface area contributed by atoms with E-state index in [2.05, 4.69) is 4.72 Å². The average Bonchev–Trinajstić information content (AvgIpc) is 2.74. The Morgan fingerprint density at radius 3 is 2.63 bits per heavy atom. The van der Waals surface area contributed by atoms with Crippen LogP contribution in [0.2, 0.25) is 0 Å². The predicted molar refractivity (Wildman–Crippen MR) is 72.2 cm³/mol. The van der Waals surface area contributed by atoms with Gasteiger partial charge in [-0.05, 0) is 25.1 Å². The van der Waals surface area contributed by atoms with Crippen molar-refractivity contribution in [1.82, 2.24) is 0 Å². The lowest BCUT2D eigenvalue weighted by atomic mass is 10.3. The fourth-order valence-corrected chi connectivity index (χ4v) is 4.18. The molecule has 0 spiro atoms. The van der Waals surface area contributed by atoms with Crippen molar-refractivity contribution in [3.63, 3.8) is 0 Å². The van der Waals surface area contributed by atoms with Gasteiger partial charge in [-0.2, -0.15) is 0 Å². The highest BCUT2D eigenvalue weighted by Crippen LogP contribution is 2.27. The molecule has 0 amide bonds. The van der Waals surface area contributed by atoms with E-state index < -0.39 is 15.8 Å². The molecule has 7 heteroatoms. The minimum Gasteiger partial charge on any atom is -0.391 e. The number of benzene rings is 1. The maximum absolute atomic E-state index is 13.4. The van der Waals surface area contributed by atoms with Crippen LogP contribution in [0, 0.1) is 12.7 Å². The van der Waals surface area contributed by atoms with Gasteiger partial charge >= 0.3 is 0 Å². The molecular formula is C12H12FNO3S2. The number of halogens is 1. The molecule has 0 saturated carbocycles. The second kappa shape index (κ2) is 5.28. The second-order valence-electron chi connectivity index (χ2n) is 3.88. The predicted octanol–water partition coefficient (Wildman–Crippen LogP) is 2.49. The third-order valence-corrected chi connectivity index (χ3v) is 5.14. The Labute approximate surface area is 114 Å². The number of aliphatic hydroxyl groups is 1. The van der Waals surface area contributed by atoms with Crippen molar-refractivity contribution in [2.24, 2.45) is 0 Å². The lowest BCUT2D eigenvalue weighted by Gasteiger charge is -2.08. The highest BCUT2D eigenvalue weighted by molar-refractivity contribution is 7.93. The number of hydrogen-bond donors (Lipinski definition) is 2. The van der Waals surface area contributed by atoms with Crippen molar-refractivity contribution < 1.29 is 17.9 Å². The zero-order chi connectivity index (χ0) is 14.0. The van der Waals surface area contributed by atoms with Gasteiger partial charge in [-0.1, -0.05) is 12.1 Å². The number of anilines is 1. The Morgan fingerprint density at radius 2 is 2.05 bits per heavy atom. The topological polar surface area (TPSA) is 66.4 Å². The molecule has 0 aliphatic heterocycles. The smallest absolute Gasteiger partial charge is 0.263 e. The Hall–Kier alpha value is -1.44. The van der Waals surface area contributed by atoms with Gasteiger partial charge in [0.15, 0.2) is 0 Å². The van der Waals surface area contributed by atoms with Gasteiger partial charge in [-0.25, -0.2) is 12.8 Å². The van der Waals surface area contributed by atoms with Crippen molar-refractivity contribution in [2.75, 3.05) is 4.72 Å². The largest absolute Gasteiger partial charge is 0.391 e. The number of para-hydroxylation sites is 1. The van der Waals surface area contributed by atoms with Gasteiger partial charge in [-0.3, -0.25) is 4.72 Å². The van der Waals surface area contributed by atoms with Gasteiger partial charge in [0.1, 0.15) is 10.7 Å². The molecule has 19 heavy (non-hydrogen) atoms. The molecule has 2 rings (SSSR count). The maximum atomic E-state index is 13.4. The van der Waals surface area contributed by atoms with Crippen LogP contribution in [0.15, 0.2) is 35.2 Å². The summed E-state index contributed by atoms with van der Waals surface area (Å²) in [5, 5.41) is 9.01. The number of thiophene rings is 1. The quantitative estimate of drug-likeness (QED) is 0.912. The summed E-state index contributed by atoms with van der Waals surface area (Å²) in [6, 6.07) is 6.94. The summed E-state index contributed by atoms with van der Waals surface area (Å²) in [5.74, 6) is -0.638. The van der Waals surface area contributed by atoms with Crippen molar-refractivity contribution in [3.05, 3.63) is 45.9 Å². The standard InChI is InChI=1S/C12H12FNO3S2/c1-8-12(6-9(7-15)18-8)19(16,17)14-11-5-3-2-4-10(11)13/h2-6,14-15H,7H2,1H3. The van der Waals surface area contributed by atoms with Gasteiger partial charge in [0.2, 0.25) is 0 Å². The molecule has 1 heterocycles. The number of aryl methyl sites for hydroxylation is 1. The van der Waals surface area contributed by atoms with Crippen molar-refractivity contribution >= 4 is 27.0 Å². The van der Waals surface area contributed by atoms with E-state index in [1.54, 1.807) is 13.0 Å². The Balaban J connectivity index is 2.38. The van der Waals surface area contributed by atoms with Crippen LogP contribution in [-0.2, 0) is 16.6 Å². The molecule has 102 valence electrons. The van der Waals surface area contributed by atoms with Crippen LogP contribution in [0.4, 0.5) is 10.1 Å². The summed E-state index contributed by atoms with van der Waals surface area (Å²) < 4.78 is 39.9.